The minimum atomic E-state index is 0.216. The molecule has 0 amide bonds. The van der Waals surface area contributed by atoms with E-state index in [0.717, 1.165) is 19.5 Å². The molecule has 0 fully saturated rings. The first-order valence-corrected chi connectivity index (χ1v) is 6.36. The Bertz CT molecular complexity index is 352. The highest BCUT2D eigenvalue weighted by Gasteiger charge is 2.14. The second kappa shape index (κ2) is 6.18. The van der Waals surface area contributed by atoms with E-state index in [2.05, 4.69) is 51.2 Å². The summed E-state index contributed by atoms with van der Waals surface area (Å²) >= 11 is 0. The van der Waals surface area contributed by atoms with Gasteiger partial charge in [0.15, 0.2) is 0 Å². The van der Waals surface area contributed by atoms with Crippen LogP contribution in [0.4, 0.5) is 0 Å². The van der Waals surface area contributed by atoms with E-state index in [1.165, 1.54) is 16.7 Å². The number of aliphatic hydroxyl groups is 1. The van der Waals surface area contributed by atoms with Crippen LogP contribution < -0.4 is 5.32 Å². The molecule has 0 atom stereocenters. The molecule has 0 aliphatic rings. The van der Waals surface area contributed by atoms with E-state index < -0.39 is 0 Å². The van der Waals surface area contributed by atoms with Gasteiger partial charge in [0.1, 0.15) is 0 Å². The van der Waals surface area contributed by atoms with Crippen LogP contribution in [0.5, 0.6) is 0 Å². The topological polar surface area (TPSA) is 32.3 Å². The van der Waals surface area contributed by atoms with E-state index in [1.54, 1.807) is 0 Å². The Balaban J connectivity index is 2.64. The molecule has 1 rings (SSSR count). The zero-order valence-corrected chi connectivity index (χ0v) is 11.5. The summed E-state index contributed by atoms with van der Waals surface area (Å²) in [6.07, 6.45) is 0.819. The Labute approximate surface area is 105 Å². The van der Waals surface area contributed by atoms with Crippen molar-refractivity contribution in [1.29, 1.82) is 0 Å². The van der Waals surface area contributed by atoms with Crippen molar-refractivity contribution < 1.29 is 5.11 Å². The van der Waals surface area contributed by atoms with Crippen LogP contribution in [-0.2, 0) is 12.0 Å². The molecule has 0 saturated heterocycles. The lowest BCUT2D eigenvalue weighted by Gasteiger charge is -2.20. The number of nitrogens with one attached hydrogen (secondary N) is 1. The van der Waals surface area contributed by atoms with Crippen LogP contribution in [0.2, 0.25) is 0 Å². The smallest absolute Gasteiger partial charge is 0.0443 e. The van der Waals surface area contributed by atoms with Crippen molar-refractivity contribution in [3.05, 3.63) is 34.9 Å². The molecule has 0 aliphatic carbocycles. The molecule has 0 spiro atoms. The van der Waals surface area contributed by atoms with Gasteiger partial charge in [0, 0.05) is 13.2 Å². The highest BCUT2D eigenvalue weighted by atomic mass is 16.3. The summed E-state index contributed by atoms with van der Waals surface area (Å²) in [6, 6.07) is 6.71. The lowest BCUT2D eigenvalue weighted by atomic mass is 9.85. The summed E-state index contributed by atoms with van der Waals surface area (Å²) in [5.41, 5.74) is 4.28. The fourth-order valence-electron chi connectivity index (χ4n) is 1.79. The molecule has 0 saturated carbocycles. The van der Waals surface area contributed by atoms with Crippen LogP contribution in [0, 0.1) is 6.92 Å². The van der Waals surface area contributed by atoms with Crippen LogP contribution >= 0.6 is 0 Å². The minimum Gasteiger partial charge on any atom is -0.396 e. The summed E-state index contributed by atoms with van der Waals surface area (Å²) in [6.45, 7) is 10.9. The van der Waals surface area contributed by atoms with Gasteiger partial charge in [0.05, 0.1) is 0 Å². The fraction of sp³-hybridized carbons (Fsp3) is 0.600. The van der Waals surface area contributed by atoms with E-state index in [4.69, 9.17) is 5.11 Å². The summed E-state index contributed by atoms with van der Waals surface area (Å²) in [4.78, 5) is 0. The third-order valence-corrected chi connectivity index (χ3v) is 3.04. The Morgan fingerprint density at radius 2 is 1.94 bits per heavy atom. The Morgan fingerprint density at radius 1 is 1.24 bits per heavy atom. The minimum absolute atomic E-state index is 0.216. The largest absolute Gasteiger partial charge is 0.396 e. The number of rotatable bonds is 5. The molecule has 0 heterocycles. The zero-order valence-electron chi connectivity index (χ0n) is 11.5. The summed E-state index contributed by atoms with van der Waals surface area (Å²) in [5, 5.41) is 12.0. The zero-order chi connectivity index (χ0) is 12.9. The first-order valence-electron chi connectivity index (χ1n) is 6.36. The summed E-state index contributed by atoms with van der Waals surface area (Å²) in [7, 11) is 0. The van der Waals surface area contributed by atoms with Crippen LogP contribution in [-0.4, -0.2) is 18.3 Å². The Morgan fingerprint density at radius 3 is 2.47 bits per heavy atom. The number of hydrogen-bond acceptors (Lipinski definition) is 2. The van der Waals surface area contributed by atoms with Gasteiger partial charge in [-0.1, -0.05) is 39.0 Å². The van der Waals surface area contributed by atoms with Gasteiger partial charge >= 0.3 is 0 Å². The summed E-state index contributed by atoms with van der Waals surface area (Å²) < 4.78 is 0. The number of benzene rings is 1. The maximum Gasteiger partial charge on any atom is 0.0443 e. The predicted molar refractivity (Wildman–Crippen MR) is 73.3 cm³/mol. The van der Waals surface area contributed by atoms with Gasteiger partial charge in [-0.05, 0) is 42.0 Å². The van der Waals surface area contributed by atoms with Gasteiger partial charge in [0.2, 0.25) is 0 Å². The molecule has 17 heavy (non-hydrogen) atoms. The highest BCUT2D eigenvalue weighted by Crippen LogP contribution is 2.24. The second-order valence-electron chi connectivity index (χ2n) is 5.65. The van der Waals surface area contributed by atoms with Crippen molar-refractivity contribution in [3.63, 3.8) is 0 Å². The monoisotopic (exact) mass is 235 g/mol. The van der Waals surface area contributed by atoms with Gasteiger partial charge in [-0.25, -0.2) is 0 Å². The number of hydrogen-bond donors (Lipinski definition) is 2. The molecule has 0 aromatic heterocycles. The van der Waals surface area contributed by atoms with E-state index in [0.29, 0.717) is 0 Å². The van der Waals surface area contributed by atoms with Gasteiger partial charge in [-0.2, -0.15) is 0 Å². The molecule has 1 aromatic carbocycles. The number of aryl methyl sites for hydroxylation is 1. The van der Waals surface area contributed by atoms with Crippen molar-refractivity contribution in [2.24, 2.45) is 0 Å². The van der Waals surface area contributed by atoms with Crippen LogP contribution in [0.15, 0.2) is 18.2 Å². The van der Waals surface area contributed by atoms with Crippen molar-refractivity contribution >= 4 is 0 Å². The van der Waals surface area contributed by atoms with Crippen LogP contribution in [0.3, 0.4) is 0 Å². The van der Waals surface area contributed by atoms with E-state index in [1.807, 2.05) is 0 Å². The maximum absolute atomic E-state index is 8.70. The van der Waals surface area contributed by atoms with Gasteiger partial charge < -0.3 is 10.4 Å². The molecular formula is C15H25NO. The third kappa shape index (κ3) is 4.49. The standard InChI is InChI=1S/C15H25NO/c1-12-10-14(15(2,3)4)7-6-13(12)11-16-8-5-9-17/h6-7,10,16-17H,5,8-9,11H2,1-4H3. The van der Waals surface area contributed by atoms with Crippen molar-refractivity contribution in [2.75, 3.05) is 13.2 Å². The number of aliphatic hydroxyl groups excluding tert-OH is 1. The van der Waals surface area contributed by atoms with Gasteiger partial charge in [0.25, 0.3) is 0 Å². The Hall–Kier alpha value is -0.860. The average Bonchev–Trinajstić information content (AvgIpc) is 2.24. The molecule has 1 aromatic rings. The SMILES string of the molecule is Cc1cc(C(C)(C)C)ccc1CNCCCO. The first kappa shape index (κ1) is 14.2. The van der Waals surface area contributed by atoms with Gasteiger partial charge in [-0.15, -0.1) is 0 Å². The fourth-order valence-corrected chi connectivity index (χ4v) is 1.79. The molecule has 96 valence electrons. The average molecular weight is 235 g/mol. The van der Waals surface area contributed by atoms with Crippen molar-refractivity contribution in [2.45, 2.75) is 46.1 Å². The third-order valence-electron chi connectivity index (χ3n) is 3.04. The van der Waals surface area contributed by atoms with E-state index >= 15 is 0 Å². The molecule has 0 aliphatic heterocycles. The van der Waals surface area contributed by atoms with Crippen molar-refractivity contribution in [1.82, 2.24) is 5.32 Å². The second-order valence-corrected chi connectivity index (χ2v) is 5.65. The lowest BCUT2D eigenvalue weighted by Crippen LogP contribution is -2.17. The molecule has 2 heteroatoms. The Kier molecular flexibility index (Phi) is 5.16. The lowest BCUT2D eigenvalue weighted by molar-refractivity contribution is 0.286. The van der Waals surface area contributed by atoms with E-state index in [-0.39, 0.29) is 12.0 Å². The van der Waals surface area contributed by atoms with E-state index in [9.17, 15) is 0 Å². The van der Waals surface area contributed by atoms with Crippen LogP contribution in [0.1, 0.15) is 43.9 Å². The highest BCUT2D eigenvalue weighted by molar-refractivity contribution is 5.34. The summed E-state index contributed by atoms with van der Waals surface area (Å²) in [5.74, 6) is 0. The molecular weight excluding hydrogens is 210 g/mol. The first-order chi connectivity index (χ1) is 7.95. The molecule has 2 nitrogen and oxygen atoms in total. The maximum atomic E-state index is 8.70. The molecule has 2 N–H and O–H groups in total. The predicted octanol–water partition coefficient (Wildman–Crippen LogP) is 2.76. The molecule has 0 bridgehead atoms. The normalized spacial score (nSPS) is 11.8. The quantitative estimate of drug-likeness (QED) is 0.769. The molecule has 0 radical (unpaired) electrons. The van der Waals surface area contributed by atoms with Gasteiger partial charge in [-0.3, -0.25) is 0 Å². The van der Waals surface area contributed by atoms with Crippen LogP contribution in [0.25, 0.3) is 0 Å². The molecule has 0 unspecified atom stereocenters. The van der Waals surface area contributed by atoms with Crippen molar-refractivity contribution in [3.8, 4) is 0 Å².